The number of carbonyl (C=O) groups excluding carboxylic acids is 2. The van der Waals surface area contributed by atoms with Crippen LogP contribution in [0.5, 0.6) is 0 Å². The normalized spacial score (nSPS) is 6.80. The molecule has 0 bridgehead atoms. The molecule has 0 N–H and O–H groups in total. The molecule has 3 heteroatoms. The molecule has 0 aromatic heterocycles. The predicted octanol–water partition coefficient (Wildman–Crippen LogP) is 3.85. The van der Waals surface area contributed by atoms with Gasteiger partial charge in [-0.25, -0.2) is 0 Å². The molecular formula is C12H30O3. The summed E-state index contributed by atoms with van der Waals surface area (Å²) in [7, 11) is 0. The third-order valence-electron chi connectivity index (χ3n) is 1.33. The van der Waals surface area contributed by atoms with Crippen molar-refractivity contribution in [3.05, 3.63) is 0 Å². The summed E-state index contributed by atoms with van der Waals surface area (Å²) in [4.78, 5) is 21.2. The molecule has 0 amide bonds. The van der Waals surface area contributed by atoms with Crippen molar-refractivity contribution in [1.29, 1.82) is 0 Å². The fourth-order valence-corrected chi connectivity index (χ4v) is 0.558. The summed E-state index contributed by atoms with van der Waals surface area (Å²) >= 11 is 0. The predicted molar refractivity (Wildman–Crippen MR) is 68.1 cm³/mol. The molecule has 96 valence electrons. The standard InChI is InChI=1S/C8H14O3.4CH4/c1-3-7(9)5-6-11-8(10)4-2;;;;/h3-6H2,1-2H3;4*1H4. The molecule has 0 aliphatic rings. The molecule has 0 fully saturated rings. The van der Waals surface area contributed by atoms with Gasteiger partial charge in [0.15, 0.2) is 0 Å². The molecule has 0 spiro atoms. The van der Waals surface area contributed by atoms with E-state index in [0.717, 1.165) is 0 Å². The minimum absolute atomic E-state index is 0. The van der Waals surface area contributed by atoms with Crippen molar-refractivity contribution >= 4 is 11.8 Å². The number of hydrogen-bond acceptors (Lipinski definition) is 3. The van der Waals surface area contributed by atoms with E-state index >= 15 is 0 Å². The molecule has 0 radical (unpaired) electrons. The summed E-state index contributed by atoms with van der Waals surface area (Å²) in [6.45, 7) is 3.76. The van der Waals surface area contributed by atoms with Gasteiger partial charge in [0.1, 0.15) is 5.78 Å². The molecule has 3 nitrogen and oxygen atoms in total. The lowest BCUT2D eigenvalue weighted by Gasteiger charge is -2.00. The Morgan fingerprint density at radius 2 is 1.40 bits per heavy atom. The molecule has 0 aliphatic heterocycles. The Hall–Kier alpha value is -0.860. The van der Waals surface area contributed by atoms with Gasteiger partial charge >= 0.3 is 5.97 Å². The van der Waals surface area contributed by atoms with Gasteiger partial charge in [-0.1, -0.05) is 43.6 Å². The van der Waals surface area contributed by atoms with Crippen molar-refractivity contribution in [2.24, 2.45) is 0 Å². The van der Waals surface area contributed by atoms with E-state index in [1.54, 1.807) is 13.8 Å². The Balaban J connectivity index is -0.0000000833. The van der Waals surface area contributed by atoms with E-state index in [1.165, 1.54) is 0 Å². The quantitative estimate of drug-likeness (QED) is 0.663. The Morgan fingerprint density at radius 1 is 0.933 bits per heavy atom. The first-order valence-corrected chi connectivity index (χ1v) is 3.88. The fraction of sp³-hybridized carbons (Fsp3) is 0.833. The van der Waals surface area contributed by atoms with Crippen LogP contribution >= 0.6 is 0 Å². The summed E-state index contributed by atoms with van der Waals surface area (Å²) in [5.74, 6) is -0.109. The number of rotatable bonds is 5. The van der Waals surface area contributed by atoms with Crippen LogP contribution in [0.15, 0.2) is 0 Å². The van der Waals surface area contributed by atoms with Gasteiger partial charge in [-0.2, -0.15) is 0 Å². The highest BCUT2D eigenvalue weighted by molar-refractivity contribution is 5.78. The summed E-state index contributed by atoms with van der Waals surface area (Å²) < 4.78 is 4.70. The Morgan fingerprint density at radius 3 is 1.73 bits per heavy atom. The van der Waals surface area contributed by atoms with Crippen LogP contribution in [0.2, 0.25) is 0 Å². The SMILES string of the molecule is C.C.C.C.CCC(=O)CCOC(=O)CC. The van der Waals surface area contributed by atoms with Crippen LogP contribution in [0.1, 0.15) is 62.8 Å². The van der Waals surface area contributed by atoms with Gasteiger partial charge < -0.3 is 4.74 Å². The van der Waals surface area contributed by atoms with Crippen molar-refractivity contribution in [3.63, 3.8) is 0 Å². The monoisotopic (exact) mass is 222 g/mol. The Kier molecular flexibility index (Phi) is 36.7. The number of carbonyl (C=O) groups is 2. The van der Waals surface area contributed by atoms with Gasteiger partial charge in [0.05, 0.1) is 6.61 Å². The van der Waals surface area contributed by atoms with E-state index in [4.69, 9.17) is 4.74 Å². The number of Topliss-reactive ketones (excluding diaryl/α,β-unsaturated/α-hetero) is 1. The van der Waals surface area contributed by atoms with Crippen LogP contribution < -0.4 is 0 Å². The molecule has 15 heavy (non-hydrogen) atoms. The lowest BCUT2D eigenvalue weighted by molar-refractivity contribution is -0.143. The molecule has 0 atom stereocenters. The minimum atomic E-state index is -0.242. The lowest BCUT2D eigenvalue weighted by atomic mass is 10.2. The second-order valence-electron chi connectivity index (χ2n) is 2.22. The van der Waals surface area contributed by atoms with Gasteiger partial charge in [0.25, 0.3) is 0 Å². The van der Waals surface area contributed by atoms with Crippen molar-refractivity contribution in [2.75, 3.05) is 6.61 Å². The van der Waals surface area contributed by atoms with Crippen molar-refractivity contribution in [3.8, 4) is 0 Å². The highest BCUT2D eigenvalue weighted by atomic mass is 16.5. The van der Waals surface area contributed by atoms with E-state index in [0.29, 0.717) is 19.3 Å². The average molecular weight is 222 g/mol. The average Bonchev–Trinajstić information content (AvgIpc) is 2.04. The van der Waals surface area contributed by atoms with Gasteiger partial charge in [-0.15, -0.1) is 0 Å². The van der Waals surface area contributed by atoms with Crippen LogP contribution in [0.4, 0.5) is 0 Å². The maximum absolute atomic E-state index is 10.7. The molecule has 0 aromatic rings. The van der Waals surface area contributed by atoms with Crippen LogP contribution in [0, 0.1) is 0 Å². The van der Waals surface area contributed by atoms with Gasteiger partial charge in [0, 0.05) is 19.3 Å². The highest BCUT2D eigenvalue weighted by Crippen LogP contribution is 1.91. The third kappa shape index (κ3) is 19.5. The van der Waals surface area contributed by atoms with Crippen molar-refractivity contribution in [2.45, 2.75) is 62.8 Å². The number of ketones is 1. The van der Waals surface area contributed by atoms with Crippen molar-refractivity contribution < 1.29 is 14.3 Å². The zero-order valence-corrected chi connectivity index (χ0v) is 7.05. The van der Waals surface area contributed by atoms with Crippen LogP contribution in [0.3, 0.4) is 0 Å². The second-order valence-corrected chi connectivity index (χ2v) is 2.22. The Labute approximate surface area is 96.2 Å². The maximum Gasteiger partial charge on any atom is 0.305 e. The molecular weight excluding hydrogens is 192 g/mol. The molecule has 0 unspecified atom stereocenters. The lowest BCUT2D eigenvalue weighted by Crippen LogP contribution is -2.07. The zero-order chi connectivity index (χ0) is 8.69. The smallest absolute Gasteiger partial charge is 0.305 e. The van der Waals surface area contributed by atoms with Crippen LogP contribution in [-0.2, 0) is 14.3 Å². The van der Waals surface area contributed by atoms with Crippen molar-refractivity contribution in [1.82, 2.24) is 0 Å². The number of ether oxygens (including phenoxy) is 1. The van der Waals surface area contributed by atoms with E-state index in [9.17, 15) is 9.59 Å². The minimum Gasteiger partial charge on any atom is -0.465 e. The van der Waals surface area contributed by atoms with E-state index in [-0.39, 0.29) is 48.1 Å². The molecule has 0 heterocycles. The first-order valence-electron chi connectivity index (χ1n) is 3.88. The molecule has 0 aliphatic carbocycles. The highest BCUT2D eigenvalue weighted by Gasteiger charge is 2.00. The largest absolute Gasteiger partial charge is 0.465 e. The number of hydrogen-bond donors (Lipinski definition) is 0. The molecule has 0 aromatic carbocycles. The topological polar surface area (TPSA) is 43.4 Å². The summed E-state index contributed by atoms with van der Waals surface area (Å²) in [6.07, 6.45) is 1.24. The first-order chi connectivity index (χ1) is 5.20. The summed E-state index contributed by atoms with van der Waals surface area (Å²) in [5.41, 5.74) is 0. The van der Waals surface area contributed by atoms with E-state index < -0.39 is 0 Å². The van der Waals surface area contributed by atoms with Gasteiger partial charge in [-0.05, 0) is 0 Å². The summed E-state index contributed by atoms with van der Waals surface area (Å²) in [5, 5.41) is 0. The van der Waals surface area contributed by atoms with Gasteiger partial charge in [-0.3, -0.25) is 9.59 Å². The van der Waals surface area contributed by atoms with Crippen LogP contribution in [0.25, 0.3) is 0 Å². The van der Waals surface area contributed by atoms with E-state index in [1.807, 2.05) is 0 Å². The third-order valence-corrected chi connectivity index (χ3v) is 1.33. The molecule has 0 rings (SSSR count). The van der Waals surface area contributed by atoms with Gasteiger partial charge in [0.2, 0.25) is 0 Å². The first kappa shape index (κ1) is 29.2. The summed E-state index contributed by atoms with van der Waals surface area (Å²) in [6, 6.07) is 0. The Bertz CT molecular complexity index is 126. The number of esters is 1. The molecule has 0 saturated carbocycles. The second kappa shape index (κ2) is 18.8. The molecule has 0 saturated heterocycles. The fourth-order valence-electron chi connectivity index (χ4n) is 0.558. The van der Waals surface area contributed by atoms with Crippen LogP contribution in [-0.4, -0.2) is 18.4 Å². The van der Waals surface area contributed by atoms with E-state index in [2.05, 4.69) is 0 Å². The zero-order valence-electron chi connectivity index (χ0n) is 7.05. The maximum atomic E-state index is 10.7.